The average Bonchev–Trinajstić information content (AvgIpc) is 3.45. The topological polar surface area (TPSA) is 118 Å². The van der Waals surface area contributed by atoms with Crippen LogP contribution in [0.25, 0.3) is 11.0 Å². The third-order valence-electron chi connectivity index (χ3n) is 11.8. The van der Waals surface area contributed by atoms with E-state index in [0.717, 1.165) is 71.7 Å². The van der Waals surface area contributed by atoms with Crippen LogP contribution < -0.4 is 35.2 Å². The van der Waals surface area contributed by atoms with Crippen molar-refractivity contribution in [3.8, 4) is 11.5 Å². The monoisotopic (exact) mass is 804 g/mol. The molecule has 3 aliphatic heterocycles. The van der Waals surface area contributed by atoms with Gasteiger partial charge in [-0.05, 0) is 122 Å². The predicted molar refractivity (Wildman–Crippen MR) is 226 cm³/mol. The molecule has 0 radical (unpaired) electrons. The minimum Gasteiger partial charge on any atom is -0.493 e. The van der Waals surface area contributed by atoms with Gasteiger partial charge in [0, 0.05) is 62.2 Å². The molecule has 0 spiro atoms. The van der Waals surface area contributed by atoms with Gasteiger partial charge in [-0.1, -0.05) is 23.7 Å². The lowest BCUT2D eigenvalue weighted by Crippen LogP contribution is -2.44. The summed E-state index contributed by atoms with van der Waals surface area (Å²) in [6.45, 7) is 6.61. The fourth-order valence-electron chi connectivity index (χ4n) is 8.84. The highest BCUT2D eigenvalue weighted by atomic mass is 35.5. The van der Waals surface area contributed by atoms with Crippen LogP contribution in [-0.2, 0) is 27.9 Å². The molecular weight excluding hydrogens is 756 g/mol. The average molecular weight is 805 g/mol. The Kier molecular flexibility index (Phi) is 10.7. The molecule has 8 rings (SSSR count). The second kappa shape index (κ2) is 15.9. The number of amides is 3. The van der Waals surface area contributed by atoms with E-state index >= 15 is 0 Å². The molecule has 4 aromatic carbocycles. The molecular formula is C45H49ClN6O6. The van der Waals surface area contributed by atoms with Crippen molar-refractivity contribution in [2.45, 2.75) is 64.1 Å². The van der Waals surface area contributed by atoms with Gasteiger partial charge in [0.1, 0.15) is 6.04 Å². The van der Waals surface area contributed by atoms with Gasteiger partial charge in [-0.15, -0.1) is 0 Å². The van der Waals surface area contributed by atoms with E-state index in [1.54, 1.807) is 18.7 Å². The number of imidazole rings is 1. The summed E-state index contributed by atoms with van der Waals surface area (Å²) in [7, 11) is 5.46. The van der Waals surface area contributed by atoms with E-state index < -0.39 is 18.0 Å². The molecule has 5 aromatic rings. The van der Waals surface area contributed by atoms with Gasteiger partial charge in [0.15, 0.2) is 11.5 Å². The van der Waals surface area contributed by atoms with Crippen LogP contribution in [0.5, 0.6) is 11.5 Å². The van der Waals surface area contributed by atoms with Crippen molar-refractivity contribution >= 4 is 57.4 Å². The number of nitrogens with one attached hydrogen (secondary N) is 1. The lowest BCUT2D eigenvalue weighted by atomic mass is 9.86. The number of carbonyl (C=O) groups is 3. The molecule has 1 N–H and O–H groups in total. The molecule has 1 aromatic heterocycles. The molecule has 0 saturated carbocycles. The standard InChI is InChI=1S/C45H49ClN6O6/c1-27(2)58-40-25-35-30(22-39(40)57-5)23-42(54)51(43(35)29-6-8-31(46)9-7-29)33-12-10-32(11-13-33)48(3)26-28-18-20-50(21-19-28)34-14-15-36-38(24-34)49(4)45(56)52(36)37-16-17-41(53)47-44(37)55/h6-15,22,24-25,27-28,37,43H,16-21,23,26H2,1-5H3,(H,47,53,55)/t37?,43-/m0/s1. The second-order valence-electron chi connectivity index (χ2n) is 15.9. The first-order valence-electron chi connectivity index (χ1n) is 20.0. The number of hydrogen-bond donors (Lipinski definition) is 1. The molecule has 2 fully saturated rings. The van der Waals surface area contributed by atoms with Crippen LogP contribution >= 0.6 is 11.6 Å². The van der Waals surface area contributed by atoms with Gasteiger partial charge in [0.2, 0.25) is 17.7 Å². The summed E-state index contributed by atoms with van der Waals surface area (Å²) in [5.41, 5.74) is 6.95. The molecule has 12 nitrogen and oxygen atoms in total. The summed E-state index contributed by atoms with van der Waals surface area (Å²) in [5, 5.41) is 3.00. The Bertz CT molecular complexity index is 2430. The number of aromatic nitrogens is 2. The molecule has 0 bridgehead atoms. The first kappa shape index (κ1) is 39.1. The van der Waals surface area contributed by atoms with Crippen molar-refractivity contribution in [2.75, 3.05) is 48.5 Å². The zero-order chi connectivity index (χ0) is 40.8. The Morgan fingerprint density at radius 1 is 0.862 bits per heavy atom. The number of nitrogens with zero attached hydrogens (tertiary/aromatic N) is 5. The van der Waals surface area contributed by atoms with Crippen molar-refractivity contribution in [3.05, 3.63) is 111 Å². The van der Waals surface area contributed by atoms with Crippen LogP contribution in [0.3, 0.4) is 0 Å². The van der Waals surface area contributed by atoms with E-state index in [0.29, 0.717) is 34.4 Å². The number of ether oxygens (including phenoxy) is 2. The van der Waals surface area contributed by atoms with Gasteiger partial charge in [-0.3, -0.25) is 28.8 Å². The Hall–Kier alpha value is -5.75. The first-order valence-corrected chi connectivity index (χ1v) is 20.3. The number of anilines is 3. The highest BCUT2D eigenvalue weighted by Gasteiger charge is 2.37. The molecule has 4 heterocycles. The van der Waals surface area contributed by atoms with Crippen LogP contribution in [0, 0.1) is 5.92 Å². The number of benzene rings is 4. The molecule has 58 heavy (non-hydrogen) atoms. The summed E-state index contributed by atoms with van der Waals surface area (Å²) in [6, 6.07) is 24.7. The van der Waals surface area contributed by atoms with Gasteiger partial charge in [-0.2, -0.15) is 0 Å². The van der Waals surface area contributed by atoms with Crippen LogP contribution in [0.15, 0.2) is 83.7 Å². The van der Waals surface area contributed by atoms with Crippen molar-refractivity contribution in [2.24, 2.45) is 13.0 Å². The summed E-state index contributed by atoms with van der Waals surface area (Å²) >= 11 is 6.31. The predicted octanol–water partition coefficient (Wildman–Crippen LogP) is 6.80. The number of carbonyl (C=O) groups excluding carboxylic acids is 3. The third kappa shape index (κ3) is 7.41. The van der Waals surface area contributed by atoms with Crippen LogP contribution in [0.4, 0.5) is 17.1 Å². The molecule has 1 unspecified atom stereocenters. The number of fused-ring (bicyclic) bond motifs is 2. The summed E-state index contributed by atoms with van der Waals surface area (Å²) in [5.74, 6) is 0.985. The van der Waals surface area contributed by atoms with Crippen molar-refractivity contribution < 1.29 is 23.9 Å². The van der Waals surface area contributed by atoms with Crippen LogP contribution in [0.2, 0.25) is 5.02 Å². The van der Waals surface area contributed by atoms with Gasteiger partial charge >= 0.3 is 5.69 Å². The SMILES string of the molecule is COc1cc2c(cc1OC(C)C)[C@H](c1ccc(Cl)cc1)N(c1ccc(N(C)CC3CCN(c4ccc5c(c4)n(C)c(=O)n5C4CCC(=O)NC4=O)CC3)cc1)C(=O)C2. The number of halogens is 1. The van der Waals surface area contributed by atoms with E-state index in [1.165, 1.54) is 4.57 Å². The van der Waals surface area contributed by atoms with E-state index in [4.69, 9.17) is 21.1 Å². The van der Waals surface area contributed by atoms with Crippen molar-refractivity contribution in [1.82, 2.24) is 14.5 Å². The molecule has 3 aliphatic rings. The van der Waals surface area contributed by atoms with E-state index in [2.05, 4.69) is 34.3 Å². The van der Waals surface area contributed by atoms with Crippen molar-refractivity contribution in [1.29, 1.82) is 0 Å². The third-order valence-corrected chi connectivity index (χ3v) is 12.1. The number of piperidine rings is 2. The van der Waals surface area contributed by atoms with Gasteiger partial charge in [-0.25, -0.2) is 4.79 Å². The Labute approximate surface area is 342 Å². The first-order chi connectivity index (χ1) is 27.9. The van der Waals surface area contributed by atoms with Crippen LogP contribution in [0.1, 0.15) is 68.3 Å². The van der Waals surface area contributed by atoms with Gasteiger partial charge in [0.25, 0.3) is 0 Å². The second-order valence-corrected chi connectivity index (χ2v) is 16.4. The fraction of sp³-hybridized carbons (Fsp3) is 0.378. The molecule has 3 amide bonds. The normalized spacial score (nSPS) is 18.8. The van der Waals surface area contributed by atoms with Gasteiger partial charge in [0.05, 0.1) is 36.7 Å². The fourth-order valence-corrected chi connectivity index (χ4v) is 8.97. The maximum Gasteiger partial charge on any atom is 0.329 e. The Morgan fingerprint density at radius 3 is 2.24 bits per heavy atom. The number of hydrogen-bond acceptors (Lipinski definition) is 8. The van der Waals surface area contributed by atoms with Crippen molar-refractivity contribution in [3.63, 3.8) is 0 Å². The molecule has 302 valence electrons. The van der Waals surface area contributed by atoms with Crippen LogP contribution in [-0.4, -0.2) is 66.8 Å². The summed E-state index contributed by atoms with van der Waals surface area (Å²) < 4.78 is 14.9. The molecule has 2 atom stereocenters. The van der Waals surface area contributed by atoms with E-state index in [1.807, 2.05) is 85.5 Å². The molecule has 13 heteroatoms. The number of methoxy groups -OCH3 is 1. The minimum atomic E-state index is -0.705. The molecule has 0 aliphatic carbocycles. The summed E-state index contributed by atoms with van der Waals surface area (Å²) in [6.07, 6.45) is 2.71. The summed E-state index contributed by atoms with van der Waals surface area (Å²) in [4.78, 5) is 58.2. The Balaban J connectivity index is 0.961. The highest BCUT2D eigenvalue weighted by Crippen LogP contribution is 2.44. The van der Waals surface area contributed by atoms with E-state index in [-0.39, 0.29) is 36.4 Å². The largest absolute Gasteiger partial charge is 0.493 e. The number of rotatable bonds is 10. The zero-order valence-electron chi connectivity index (χ0n) is 33.5. The highest BCUT2D eigenvalue weighted by molar-refractivity contribution is 6.30. The minimum absolute atomic E-state index is 0.00634. The number of aryl methyl sites for hydroxylation is 1. The lowest BCUT2D eigenvalue weighted by molar-refractivity contribution is -0.135. The zero-order valence-corrected chi connectivity index (χ0v) is 34.3. The van der Waals surface area contributed by atoms with E-state index in [9.17, 15) is 19.2 Å². The van der Waals surface area contributed by atoms with Gasteiger partial charge < -0.3 is 24.2 Å². The maximum atomic E-state index is 14.0. The smallest absolute Gasteiger partial charge is 0.329 e. The quantitative estimate of drug-likeness (QED) is 0.153. The Morgan fingerprint density at radius 2 is 1.57 bits per heavy atom. The molecule has 2 saturated heterocycles. The lowest BCUT2D eigenvalue weighted by Gasteiger charge is -2.38. The maximum absolute atomic E-state index is 14.0. The number of imide groups is 1.